The highest BCUT2D eigenvalue weighted by molar-refractivity contribution is 7.88. The topological polar surface area (TPSA) is 112 Å². The maximum atomic E-state index is 13.0. The molecule has 1 atom stereocenters. The zero-order valence-electron chi connectivity index (χ0n) is 15.1. The van der Waals surface area contributed by atoms with E-state index in [-0.39, 0.29) is 15.3 Å². The van der Waals surface area contributed by atoms with E-state index in [1.807, 2.05) is 12.1 Å². The summed E-state index contributed by atoms with van der Waals surface area (Å²) >= 11 is 6.94. The first-order chi connectivity index (χ1) is 13.8. The Kier molecular flexibility index (Phi) is 5.43. The largest absolute Gasteiger partial charge is 0.383 e. The van der Waals surface area contributed by atoms with Crippen molar-refractivity contribution in [2.75, 3.05) is 25.0 Å². The van der Waals surface area contributed by atoms with E-state index in [2.05, 4.69) is 15.3 Å². The molecule has 4 rings (SSSR count). The standard InChI is InChI=1S/C18H17ClN4O4S2/c19-15-9-13(14-10-16(29(25,26)27)28-17(14)22-15)12-3-7-23(18(12)24)8-6-21-11-1-4-20-5-2-11/h1-2,4-5,9-10,12H,3,6-8H2,(H,20,21)(H,25,26,27). The number of carbonyl (C=O) groups excluding carboxylic acids is 1. The molecule has 0 saturated carbocycles. The zero-order chi connectivity index (χ0) is 20.6. The van der Waals surface area contributed by atoms with Crippen LogP contribution in [0.15, 0.2) is 40.9 Å². The van der Waals surface area contributed by atoms with E-state index in [0.717, 1.165) is 17.0 Å². The molecule has 0 aromatic carbocycles. The number of aromatic nitrogens is 2. The number of hydrogen-bond acceptors (Lipinski definition) is 7. The average Bonchev–Trinajstić information content (AvgIpc) is 3.26. The summed E-state index contributed by atoms with van der Waals surface area (Å²) < 4.78 is 32.1. The van der Waals surface area contributed by atoms with Gasteiger partial charge in [0.15, 0.2) is 0 Å². The second-order valence-corrected chi connectivity index (χ2v) is 9.69. The molecule has 1 unspecified atom stereocenters. The van der Waals surface area contributed by atoms with Crippen molar-refractivity contribution in [3.63, 3.8) is 0 Å². The average molecular weight is 453 g/mol. The number of anilines is 1. The van der Waals surface area contributed by atoms with Gasteiger partial charge in [-0.05, 0) is 36.2 Å². The number of nitrogens with zero attached hydrogens (tertiary/aromatic N) is 3. The van der Waals surface area contributed by atoms with Gasteiger partial charge in [-0.3, -0.25) is 14.3 Å². The Morgan fingerprint density at radius 3 is 2.79 bits per heavy atom. The van der Waals surface area contributed by atoms with E-state index in [1.165, 1.54) is 6.07 Å². The summed E-state index contributed by atoms with van der Waals surface area (Å²) in [5, 5.41) is 3.96. The minimum absolute atomic E-state index is 0.0373. The summed E-state index contributed by atoms with van der Waals surface area (Å²) in [6.45, 7) is 1.73. The molecule has 4 heterocycles. The first-order valence-corrected chi connectivity index (χ1v) is 11.5. The lowest BCUT2D eigenvalue weighted by molar-refractivity contribution is -0.128. The number of hydrogen-bond donors (Lipinski definition) is 2. The second-order valence-electron chi connectivity index (χ2n) is 6.62. The van der Waals surface area contributed by atoms with Crippen LogP contribution in [0.25, 0.3) is 10.2 Å². The van der Waals surface area contributed by atoms with Crippen molar-refractivity contribution < 1.29 is 17.8 Å². The fourth-order valence-corrected chi connectivity index (χ4v) is 5.43. The van der Waals surface area contributed by atoms with Crippen LogP contribution in [0.4, 0.5) is 5.69 Å². The molecule has 3 aromatic heterocycles. The lowest BCUT2D eigenvalue weighted by Crippen LogP contribution is -2.31. The van der Waals surface area contributed by atoms with Gasteiger partial charge in [0.2, 0.25) is 5.91 Å². The Balaban J connectivity index is 1.53. The zero-order valence-corrected chi connectivity index (χ0v) is 17.5. The molecular weight excluding hydrogens is 436 g/mol. The number of nitrogens with one attached hydrogen (secondary N) is 1. The molecular formula is C18H17ClN4O4S2. The highest BCUT2D eigenvalue weighted by Crippen LogP contribution is 2.38. The molecule has 0 spiro atoms. The summed E-state index contributed by atoms with van der Waals surface area (Å²) in [4.78, 5) is 23.2. The third kappa shape index (κ3) is 4.20. The third-order valence-electron chi connectivity index (χ3n) is 4.80. The van der Waals surface area contributed by atoms with Gasteiger partial charge in [-0.2, -0.15) is 8.42 Å². The molecule has 0 aliphatic carbocycles. The van der Waals surface area contributed by atoms with Crippen molar-refractivity contribution in [2.24, 2.45) is 0 Å². The number of rotatable bonds is 6. The predicted molar refractivity (Wildman–Crippen MR) is 111 cm³/mol. The van der Waals surface area contributed by atoms with Crippen molar-refractivity contribution in [2.45, 2.75) is 16.5 Å². The predicted octanol–water partition coefficient (Wildman–Crippen LogP) is 3.02. The van der Waals surface area contributed by atoms with Gasteiger partial charge in [-0.25, -0.2) is 4.98 Å². The second kappa shape index (κ2) is 7.86. The molecule has 1 aliphatic rings. The summed E-state index contributed by atoms with van der Waals surface area (Å²) in [6.07, 6.45) is 3.99. The SMILES string of the molecule is O=C1C(c2cc(Cl)nc3sc(S(=O)(=O)O)cc23)CCN1CCNc1ccncc1. The molecule has 1 aliphatic heterocycles. The number of carbonyl (C=O) groups is 1. The number of thiophene rings is 1. The summed E-state index contributed by atoms with van der Waals surface area (Å²) in [7, 11) is -4.35. The van der Waals surface area contributed by atoms with Crippen LogP contribution in [0, 0.1) is 0 Å². The van der Waals surface area contributed by atoms with Crippen molar-refractivity contribution in [3.05, 3.63) is 47.4 Å². The van der Waals surface area contributed by atoms with Crippen LogP contribution in [0.1, 0.15) is 17.9 Å². The van der Waals surface area contributed by atoms with Crippen LogP contribution < -0.4 is 5.32 Å². The van der Waals surface area contributed by atoms with Gasteiger partial charge < -0.3 is 10.2 Å². The van der Waals surface area contributed by atoms with E-state index >= 15 is 0 Å². The Labute approximate surface area is 176 Å². The Morgan fingerprint density at radius 1 is 1.31 bits per heavy atom. The van der Waals surface area contributed by atoms with Gasteiger partial charge in [-0.15, -0.1) is 11.3 Å². The van der Waals surface area contributed by atoms with E-state index in [1.54, 1.807) is 23.4 Å². The van der Waals surface area contributed by atoms with Crippen LogP contribution in [-0.4, -0.2) is 53.4 Å². The summed E-state index contributed by atoms with van der Waals surface area (Å²) in [6, 6.07) is 6.67. The number of fused-ring (bicyclic) bond motifs is 1. The van der Waals surface area contributed by atoms with Crippen LogP contribution in [0.3, 0.4) is 0 Å². The van der Waals surface area contributed by atoms with Crippen molar-refractivity contribution in [1.82, 2.24) is 14.9 Å². The molecule has 0 radical (unpaired) electrons. The van der Waals surface area contributed by atoms with Crippen LogP contribution >= 0.6 is 22.9 Å². The van der Waals surface area contributed by atoms with E-state index in [4.69, 9.17) is 11.6 Å². The van der Waals surface area contributed by atoms with Gasteiger partial charge in [0.25, 0.3) is 0 Å². The minimum atomic E-state index is -4.35. The maximum Gasteiger partial charge on any atom is 0.304 e. The molecule has 2 N–H and O–H groups in total. The first kappa shape index (κ1) is 20.0. The Hall–Kier alpha value is -2.27. The van der Waals surface area contributed by atoms with Crippen molar-refractivity contribution in [3.8, 4) is 0 Å². The normalized spacial score (nSPS) is 17.2. The highest BCUT2D eigenvalue weighted by atomic mass is 35.5. The van der Waals surface area contributed by atoms with Gasteiger partial charge in [0.1, 0.15) is 14.2 Å². The smallest absolute Gasteiger partial charge is 0.304 e. The number of amides is 1. The number of pyridine rings is 2. The van der Waals surface area contributed by atoms with E-state index < -0.39 is 16.0 Å². The molecule has 29 heavy (non-hydrogen) atoms. The first-order valence-electron chi connectivity index (χ1n) is 8.83. The maximum absolute atomic E-state index is 13.0. The quantitative estimate of drug-likeness (QED) is 0.436. The van der Waals surface area contributed by atoms with Crippen LogP contribution in [-0.2, 0) is 14.9 Å². The monoisotopic (exact) mass is 452 g/mol. The Bertz CT molecular complexity index is 1170. The number of likely N-dealkylation sites (tertiary alicyclic amines) is 1. The van der Waals surface area contributed by atoms with Gasteiger partial charge in [-0.1, -0.05) is 11.6 Å². The van der Waals surface area contributed by atoms with Gasteiger partial charge >= 0.3 is 10.1 Å². The van der Waals surface area contributed by atoms with E-state index in [9.17, 15) is 17.8 Å². The van der Waals surface area contributed by atoms with Gasteiger partial charge in [0.05, 0.1) is 5.92 Å². The number of halogens is 1. The van der Waals surface area contributed by atoms with Crippen molar-refractivity contribution in [1.29, 1.82) is 0 Å². The molecule has 1 fully saturated rings. The fraction of sp³-hybridized carbons (Fsp3) is 0.278. The minimum Gasteiger partial charge on any atom is -0.383 e. The van der Waals surface area contributed by atoms with Gasteiger partial charge in [0, 0.05) is 43.1 Å². The molecule has 3 aromatic rings. The highest BCUT2D eigenvalue weighted by Gasteiger charge is 2.34. The van der Waals surface area contributed by atoms with Crippen LogP contribution in [0.5, 0.6) is 0 Å². The summed E-state index contributed by atoms with van der Waals surface area (Å²) in [5.41, 5.74) is 1.57. The molecule has 8 nitrogen and oxygen atoms in total. The lowest BCUT2D eigenvalue weighted by Gasteiger charge is -2.18. The molecule has 1 amide bonds. The Morgan fingerprint density at radius 2 is 2.07 bits per heavy atom. The summed E-state index contributed by atoms with van der Waals surface area (Å²) in [5.74, 6) is -0.465. The molecule has 11 heteroatoms. The molecule has 0 bridgehead atoms. The lowest BCUT2D eigenvalue weighted by atomic mass is 9.96. The molecule has 1 saturated heterocycles. The van der Waals surface area contributed by atoms with Crippen LogP contribution in [0.2, 0.25) is 5.15 Å². The molecule has 152 valence electrons. The third-order valence-corrected chi connectivity index (χ3v) is 7.33. The fourth-order valence-electron chi connectivity index (χ4n) is 3.45. The van der Waals surface area contributed by atoms with E-state index in [0.29, 0.717) is 41.8 Å². The van der Waals surface area contributed by atoms with Crippen molar-refractivity contribution >= 4 is 54.9 Å².